The molecule has 18 heavy (non-hydrogen) atoms. The average Bonchev–Trinajstić information content (AvgIpc) is 2.43. The number of hydrazine groups is 1. The molecule has 1 atom stereocenters. The monoisotopic (exact) mass is 249 g/mol. The standard InChI is InChI=1S/C14H23N3O/c1-4-14(2,13(18)17-15)12-8-6-5-7-11(12)9-10-16-3/h5-8,16H,4,9-10,15H2,1-3H3,(H,17,18). The molecule has 1 rings (SSSR count). The Bertz CT molecular complexity index is 406. The summed E-state index contributed by atoms with van der Waals surface area (Å²) in [5.41, 5.74) is 3.97. The van der Waals surface area contributed by atoms with Crippen LogP contribution in [0.5, 0.6) is 0 Å². The number of carbonyl (C=O) groups is 1. The minimum atomic E-state index is -0.570. The van der Waals surface area contributed by atoms with Crippen LogP contribution in [-0.2, 0) is 16.6 Å². The molecule has 0 fully saturated rings. The predicted molar refractivity (Wildman–Crippen MR) is 74.0 cm³/mol. The van der Waals surface area contributed by atoms with Crippen molar-refractivity contribution in [2.24, 2.45) is 5.84 Å². The fourth-order valence-electron chi connectivity index (χ4n) is 2.17. The van der Waals surface area contributed by atoms with E-state index in [4.69, 9.17) is 5.84 Å². The maximum Gasteiger partial charge on any atom is 0.244 e. The minimum absolute atomic E-state index is 0.137. The number of hydrogen-bond acceptors (Lipinski definition) is 3. The minimum Gasteiger partial charge on any atom is -0.319 e. The van der Waals surface area contributed by atoms with E-state index >= 15 is 0 Å². The van der Waals surface area contributed by atoms with Gasteiger partial charge in [-0.3, -0.25) is 10.2 Å². The highest BCUT2D eigenvalue weighted by Crippen LogP contribution is 2.30. The number of carbonyl (C=O) groups excluding carboxylic acids is 1. The Balaban J connectivity index is 3.16. The first-order valence-corrected chi connectivity index (χ1v) is 6.34. The summed E-state index contributed by atoms with van der Waals surface area (Å²) in [6, 6.07) is 8.06. The van der Waals surface area contributed by atoms with Crippen LogP contribution >= 0.6 is 0 Å². The highest BCUT2D eigenvalue weighted by Gasteiger charge is 2.34. The van der Waals surface area contributed by atoms with Crippen LogP contribution < -0.4 is 16.6 Å². The SMILES string of the molecule is CCC(C)(C(=O)NN)c1ccccc1CCNC. The molecule has 0 aromatic heterocycles. The van der Waals surface area contributed by atoms with Gasteiger partial charge in [0.2, 0.25) is 5.91 Å². The van der Waals surface area contributed by atoms with E-state index in [0.717, 1.165) is 18.5 Å². The van der Waals surface area contributed by atoms with Gasteiger partial charge in [-0.1, -0.05) is 31.2 Å². The number of nitrogens with two attached hydrogens (primary N) is 1. The zero-order valence-electron chi connectivity index (χ0n) is 11.4. The molecule has 0 aliphatic heterocycles. The van der Waals surface area contributed by atoms with Gasteiger partial charge in [-0.15, -0.1) is 0 Å². The molecule has 0 saturated heterocycles. The maximum absolute atomic E-state index is 12.0. The molecule has 4 nitrogen and oxygen atoms in total. The fraction of sp³-hybridized carbons (Fsp3) is 0.500. The number of benzene rings is 1. The first kappa shape index (κ1) is 14.7. The predicted octanol–water partition coefficient (Wildman–Crippen LogP) is 1.11. The smallest absolute Gasteiger partial charge is 0.244 e. The molecule has 0 aliphatic carbocycles. The summed E-state index contributed by atoms with van der Waals surface area (Å²) in [5.74, 6) is 5.17. The molecule has 1 aromatic rings. The van der Waals surface area contributed by atoms with Gasteiger partial charge >= 0.3 is 0 Å². The van der Waals surface area contributed by atoms with Gasteiger partial charge < -0.3 is 5.32 Å². The van der Waals surface area contributed by atoms with E-state index in [9.17, 15) is 4.79 Å². The summed E-state index contributed by atoms with van der Waals surface area (Å²) >= 11 is 0. The third-order valence-corrected chi connectivity index (χ3v) is 3.60. The van der Waals surface area contributed by atoms with Gasteiger partial charge in [0.05, 0.1) is 5.41 Å². The van der Waals surface area contributed by atoms with Crippen molar-refractivity contribution in [3.8, 4) is 0 Å². The van der Waals surface area contributed by atoms with Crippen LogP contribution in [0, 0.1) is 0 Å². The molecule has 0 saturated carbocycles. The molecule has 1 amide bonds. The van der Waals surface area contributed by atoms with Crippen molar-refractivity contribution in [3.63, 3.8) is 0 Å². The van der Waals surface area contributed by atoms with Crippen molar-refractivity contribution in [2.45, 2.75) is 32.1 Å². The average molecular weight is 249 g/mol. The van der Waals surface area contributed by atoms with Crippen molar-refractivity contribution < 1.29 is 4.79 Å². The summed E-state index contributed by atoms with van der Waals surface area (Å²) in [5, 5.41) is 3.13. The molecular formula is C14H23N3O. The van der Waals surface area contributed by atoms with Crippen LogP contribution in [0.1, 0.15) is 31.4 Å². The van der Waals surface area contributed by atoms with Gasteiger partial charge in [0.15, 0.2) is 0 Å². The van der Waals surface area contributed by atoms with E-state index in [-0.39, 0.29) is 5.91 Å². The van der Waals surface area contributed by atoms with Crippen LogP contribution in [0.3, 0.4) is 0 Å². The van der Waals surface area contributed by atoms with Gasteiger partial charge in [-0.05, 0) is 44.5 Å². The first-order chi connectivity index (χ1) is 8.60. The Morgan fingerprint density at radius 2 is 2.06 bits per heavy atom. The zero-order valence-corrected chi connectivity index (χ0v) is 11.4. The first-order valence-electron chi connectivity index (χ1n) is 6.34. The van der Waals surface area contributed by atoms with Crippen molar-refractivity contribution >= 4 is 5.91 Å². The number of likely N-dealkylation sites (N-methyl/N-ethyl adjacent to an activating group) is 1. The third kappa shape index (κ3) is 2.89. The van der Waals surface area contributed by atoms with E-state index in [1.54, 1.807) is 0 Å². The summed E-state index contributed by atoms with van der Waals surface area (Å²) in [4.78, 5) is 12.0. The lowest BCUT2D eigenvalue weighted by atomic mass is 9.76. The topological polar surface area (TPSA) is 67.2 Å². The molecule has 1 unspecified atom stereocenters. The fourth-order valence-corrected chi connectivity index (χ4v) is 2.17. The summed E-state index contributed by atoms with van der Waals surface area (Å²) in [6.45, 7) is 4.83. The number of rotatable bonds is 6. The second-order valence-corrected chi connectivity index (χ2v) is 4.67. The molecule has 100 valence electrons. The number of nitrogens with one attached hydrogen (secondary N) is 2. The quantitative estimate of drug-likeness (QED) is 0.402. The van der Waals surface area contributed by atoms with E-state index in [2.05, 4.69) is 16.8 Å². The Hall–Kier alpha value is -1.39. The molecular weight excluding hydrogens is 226 g/mol. The molecule has 0 bridgehead atoms. The second kappa shape index (κ2) is 6.52. The van der Waals surface area contributed by atoms with Crippen molar-refractivity contribution in [2.75, 3.05) is 13.6 Å². The van der Waals surface area contributed by atoms with Crippen LogP contribution in [0.2, 0.25) is 0 Å². The summed E-state index contributed by atoms with van der Waals surface area (Å²) in [7, 11) is 1.92. The van der Waals surface area contributed by atoms with E-state index in [0.29, 0.717) is 6.42 Å². The number of hydrogen-bond donors (Lipinski definition) is 3. The Morgan fingerprint density at radius 3 is 2.61 bits per heavy atom. The van der Waals surface area contributed by atoms with E-state index in [1.807, 2.05) is 39.1 Å². The Kier molecular flexibility index (Phi) is 5.31. The molecule has 4 N–H and O–H groups in total. The van der Waals surface area contributed by atoms with E-state index < -0.39 is 5.41 Å². The molecule has 0 radical (unpaired) electrons. The Morgan fingerprint density at radius 1 is 1.39 bits per heavy atom. The molecule has 0 spiro atoms. The highest BCUT2D eigenvalue weighted by atomic mass is 16.2. The third-order valence-electron chi connectivity index (χ3n) is 3.60. The zero-order chi connectivity index (χ0) is 13.6. The number of amides is 1. The normalized spacial score (nSPS) is 14.0. The van der Waals surface area contributed by atoms with Gasteiger partial charge in [0, 0.05) is 0 Å². The molecule has 0 aliphatic rings. The van der Waals surface area contributed by atoms with Crippen molar-refractivity contribution in [3.05, 3.63) is 35.4 Å². The van der Waals surface area contributed by atoms with Gasteiger partial charge in [0.25, 0.3) is 0 Å². The Labute approximate surface area is 109 Å². The highest BCUT2D eigenvalue weighted by molar-refractivity contribution is 5.87. The van der Waals surface area contributed by atoms with Gasteiger partial charge in [-0.2, -0.15) is 0 Å². The molecule has 4 heteroatoms. The van der Waals surface area contributed by atoms with Gasteiger partial charge in [-0.25, -0.2) is 5.84 Å². The molecule has 0 heterocycles. The summed E-state index contributed by atoms with van der Waals surface area (Å²) in [6.07, 6.45) is 1.62. The summed E-state index contributed by atoms with van der Waals surface area (Å²) < 4.78 is 0. The largest absolute Gasteiger partial charge is 0.319 e. The van der Waals surface area contributed by atoms with Crippen LogP contribution in [0.25, 0.3) is 0 Å². The van der Waals surface area contributed by atoms with Crippen LogP contribution in [0.15, 0.2) is 24.3 Å². The molecule has 1 aromatic carbocycles. The lowest BCUT2D eigenvalue weighted by Crippen LogP contribution is -2.45. The van der Waals surface area contributed by atoms with Crippen LogP contribution in [0.4, 0.5) is 0 Å². The van der Waals surface area contributed by atoms with Crippen molar-refractivity contribution in [1.82, 2.24) is 10.7 Å². The lowest BCUT2D eigenvalue weighted by Gasteiger charge is -2.29. The van der Waals surface area contributed by atoms with E-state index in [1.165, 1.54) is 5.56 Å². The van der Waals surface area contributed by atoms with Gasteiger partial charge in [0.1, 0.15) is 0 Å². The maximum atomic E-state index is 12.0. The van der Waals surface area contributed by atoms with Crippen LogP contribution in [-0.4, -0.2) is 19.5 Å². The van der Waals surface area contributed by atoms with Crippen molar-refractivity contribution in [1.29, 1.82) is 0 Å². The second-order valence-electron chi connectivity index (χ2n) is 4.67. The lowest BCUT2D eigenvalue weighted by molar-refractivity contribution is -0.126.